The first-order chi connectivity index (χ1) is 11.5. The fourth-order valence-corrected chi connectivity index (χ4v) is 3.76. The van der Waals surface area contributed by atoms with E-state index in [4.69, 9.17) is 20.8 Å². The van der Waals surface area contributed by atoms with Crippen LogP contribution in [-0.4, -0.2) is 44.9 Å². The Bertz CT molecular complexity index is 843. The summed E-state index contributed by atoms with van der Waals surface area (Å²) in [5, 5.41) is 2.81. The Morgan fingerprint density at radius 3 is 2.62 bits per heavy atom. The van der Waals surface area contributed by atoms with Gasteiger partial charge >= 0.3 is 0 Å². The number of nitrogens with one attached hydrogen (secondary N) is 1. The molecule has 0 aliphatic carbocycles. The highest BCUT2D eigenvalue weighted by atomic mass is 35.5. The SMILES string of the molecule is O=C(Nc1cccc(Cl)c1)c1ccc(S(=O)(=O)N2CCOCC2)o1. The Morgan fingerprint density at radius 2 is 1.92 bits per heavy atom. The number of amides is 1. The second-order valence-electron chi connectivity index (χ2n) is 5.10. The summed E-state index contributed by atoms with van der Waals surface area (Å²) in [6, 6.07) is 9.21. The number of carbonyl (C=O) groups excluding carboxylic acids is 1. The molecule has 2 heterocycles. The van der Waals surface area contributed by atoms with Crippen molar-refractivity contribution in [2.75, 3.05) is 31.6 Å². The van der Waals surface area contributed by atoms with E-state index < -0.39 is 15.9 Å². The van der Waals surface area contributed by atoms with Crippen molar-refractivity contribution in [2.24, 2.45) is 0 Å². The van der Waals surface area contributed by atoms with Gasteiger partial charge in [-0.25, -0.2) is 8.42 Å². The molecule has 2 aromatic rings. The van der Waals surface area contributed by atoms with Gasteiger partial charge < -0.3 is 14.5 Å². The molecule has 1 amide bonds. The molecule has 0 bridgehead atoms. The molecule has 128 valence electrons. The Hall–Kier alpha value is -1.87. The minimum Gasteiger partial charge on any atom is -0.438 e. The molecule has 1 aliphatic heterocycles. The van der Waals surface area contributed by atoms with Crippen LogP contribution >= 0.6 is 11.6 Å². The first-order valence-electron chi connectivity index (χ1n) is 7.21. The van der Waals surface area contributed by atoms with E-state index in [0.29, 0.717) is 23.9 Å². The standard InChI is InChI=1S/C15H15ClN2O5S/c16-11-2-1-3-12(10-11)17-15(19)13-4-5-14(23-13)24(20,21)18-6-8-22-9-7-18/h1-5,10H,6-9H2,(H,17,19). The molecule has 9 heteroatoms. The zero-order valence-electron chi connectivity index (χ0n) is 12.6. The zero-order chi connectivity index (χ0) is 17.2. The van der Waals surface area contributed by atoms with E-state index in [2.05, 4.69) is 5.32 Å². The van der Waals surface area contributed by atoms with Crippen molar-refractivity contribution in [2.45, 2.75) is 5.09 Å². The predicted octanol–water partition coefficient (Wildman–Crippen LogP) is 2.21. The van der Waals surface area contributed by atoms with Crippen molar-refractivity contribution >= 4 is 33.2 Å². The van der Waals surface area contributed by atoms with Crippen LogP contribution in [0.1, 0.15) is 10.6 Å². The van der Waals surface area contributed by atoms with Crippen molar-refractivity contribution < 1.29 is 22.4 Å². The molecule has 1 aromatic heterocycles. The van der Waals surface area contributed by atoms with Crippen LogP contribution in [0.2, 0.25) is 5.02 Å². The van der Waals surface area contributed by atoms with Gasteiger partial charge in [-0.1, -0.05) is 17.7 Å². The third-order valence-electron chi connectivity index (χ3n) is 3.45. The van der Waals surface area contributed by atoms with Crippen molar-refractivity contribution in [3.63, 3.8) is 0 Å². The number of benzene rings is 1. The molecular formula is C15H15ClN2O5S. The van der Waals surface area contributed by atoms with E-state index in [1.54, 1.807) is 24.3 Å². The van der Waals surface area contributed by atoms with Crippen LogP contribution < -0.4 is 5.32 Å². The number of hydrogen-bond acceptors (Lipinski definition) is 5. The van der Waals surface area contributed by atoms with Crippen LogP contribution in [0.4, 0.5) is 5.69 Å². The van der Waals surface area contributed by atoms with Crippen LogP contribution in [0.25, 0.3) is 0 Å². The quantitative estimate of drug-likeness (QED) is 0.891. The number of halogens is 1. The van der Waals surface area contributed by atoms with Gasteiger partial charge in [-0.2, -0.15) is 4.31 Å². The Kier molecular flexibility index (Phi) is 4.91. The first kappa shape index (κ1) is 17.0. The predicted molar refractivity (Wildman–Crippen MR) is 87.7 cm³/mol. The lowest BCUT2D eigenvalue weighted by Crippen LogP contribution is -2.40. The minimum atomic E-state index is -3.77. The number of ether oxygens (including phenoxy) is 1. The average molecular weight is 371 g/mol. The summed E-state index contributed by atoms with van der Waals surface area (Å²) in [5.41, 5.74) is 0.487. The van der Waals surface area contributed by atoms with Gasteiger partial charge in [-0.15, -0.1) is 0 Å². The first-order valence-corrected chi connectivity index (χ1v) is 9.03. The third kappa shape index (κ3) is 3.62. The third-order valence-corrected chi connectivity index (χ3v) is 5.46. The number of hydrogen-bond donors (Lipinski definition) is 1. The normalized spacial score (nSPS) is 16.0. The molecule has 0 spiro atoms. The minimum absolute atomic E-state index is 0.0955. The highest BCUT2D eigenvalue weighted by molar-refractivity contribution is 7.89. The maximum absolute atomic E-state index is 12.5. The molecule has 0 radical (unpaired) electrons. The number of morpholine rings is 1. The van der Waals surface area contributed by atoms with Crippen molar-refractivity contribution in [3.8, 4) is 0 Å². The van der Waals surface area contributed by atoms with E-state index in [-0.39, 0.29) is 23.9 Å². The van der Waals surface area contributed by atoms with Crippen molar-refractivity contribution in [1.29, 1.82) is 0 Å². The van der Waals surface area contributed by atoms with E-state index in [9.17, 15) is 13.2 Å². The average Bonchev–Trinajstić information content (AvgIpc) is 3.07. The highest BCUT2D eigenvalue weighted by Crippen LogP contribution is 2.21. The topological polar surface area (TPSA) is 88.9 Å². The van der Waals surface area contributed by atoms with Crippen molar-refractivity contribution in [3.05, 3.63) is 47.2 Å². The molecule has 0 unspecified atom stereocenters. The van der Waals surface area contributed by atoms with Gasteiger partial charge in [-0.3, -0.25) is 4.79 Å². The van der Waals surface area contributed by atoms with Crippen LogP contribution in [0.5, 0.6) is 0 Å². The summed E-state index contributed by atoms with van der Waals surface area (Å²) in [4.78, 5) is 12.2. The zero-order valence-corrected chi connectivity index (χ0v) is 14.1. The highest BCUT2D eigenvalue weighted by Gasteiger charge is 2.30. The maximum atomic E-state index is 12.5. The number of nitrogens with zero attached hydrogens (tertiary/aromatic N) is 1. The molecule has 24 heavy (non-hydrogen) atoms. The molecule has 1 N–H and O–H groups in total. The molecule has 1 aromatic carbocycles. The van der Waals surface area contributed by atoms with Gasteiger partial charge in [0.25, 0.3) is 15.9 Å². The fourth-order valence-electron chi connectivity index (χ4n) is 2.25. The largest absolute Gasteiger partial charge is 0.438 e. The number of rotatable bonds is 4. The summed E-state index contributed by atoms with van der Waals surface area (Å²) in [6.45, 7) is 1.18. The maximum Gasteiger partial charge on any atom is 0.291 e. The fraction of sp³-hybridized carbons (Fsp3) is 0.267. The van der Waals surface area contributed by atoms with Gasteiger partial charge in [0, 0.05) is 23.8 Å². The molecule has 0 saturated carbocycles. The molecule has 7 nitrogen and oxygen atoms in total. The van der Waals surface area contributed by atoms with Gasteiger partial charge in [0.2, 0.25) is 5.09 Å². The van der Waals surface area contributed by atoms with Gasteiger partial charge in [0.15, 0.2) is 5.76 Å². The number of anilines is 1. The summed E-state index contributed by atoms with van der Waals surface area (Å²) < 4.78 is 36.6. The molecular weight excluding hydrogens is 356 g/mol. The Labute approximate surface area is 144 Å². The molecule has 1 saturated heterocycles. The van der Waals surface area contributed by atoms with Gasteiger partial charge in [0.05, 0.1) is 13.2 Å². The molecule has 0 atom stereocenters. The molecule has 1 aliphatic rings. The lowest BCUT2D eigenvalue weighted by atomic mass is 10.3. The number of furan rings is 1. The summed E-state index contributed by atoms with van der Waals surface area (Å²) in [5.74, 6) is -0.650. The Morgan fingerprint density at radius 1 is 1.17 bits per heavy atom. The van der Waals surface area contributed by atoms with Gasteiger partial charge in [-0.05, 0) is 30.3 Å². The summed E-state index contributed by atoms with van der Waals surface area (Å²) >= 11 is 5.85. The van der Waals surface area contributed by atoms with Crippen molar-refractivity contribution in [1.82, 2.24) is 4.31 Å². The van der Waals surface area contributed by atoms with E-state index in [0.717, 1.165) is 0 Å². The van der Waals surface area contributed by atoms with Gasteiger partial charge in [0.1, 0.15) is 0 Å². The number of sulfonamides is 1. The Balaban J connectivity index is 1.76. The molecule has 3 rings (SSSR count). The second kappa shape index (κ2) is 6.94. The van der Waals surface area contributed by atoms with E-state index in [1.165, 1.54) is 16.4 Å². The number of carbonyl (C=O) groups is 1. The van der Waals surface area contributed by atoms with Crippen LogP contribution in [0, 0.1) is 0 Å². The summed E-state index contributed by atoms with van der Waals surface area (Å²) in [7, 11) is -3.77. The second-order valence-corrected chi connectivity index (χ2v) is 7.40. The van der Waals surface area contributed by atoms with Crippen LogP contribution in [-0.2, 0) is 14.8 Å². The van der Waals surface area contributed by atoms with Crippen LogP contribution in [0.3, 0.4) is 0 Å². The smallest absolute Gasteiger partial charge is 0.291 e. The monoisotopic (exact) mass is 370 g/mol. The lowest BCUT2D eigenvalue weighted by molar-refractivity contribution is 0.0723. The van der Waals surface area contributed by atoms with E-state index in [1.807, 2.05) is 0 Å². The summed E-state index contributed by atoms with van der Waals surface area (Å²) in [6.07, 6.45) is 0. The lowest BCUT2D eigenvalue weighted by Gasteiger charge is -2.24. The molecule has 1 fully saturated rings. The van der Waals surface area contributed by atoms with Crippen LogP contribution in [0.15, 0.2) is 45.9 Å². The van der Waals surface area contributed by atoms with E-state index >= 15 is 0 Å².